The van der Waals surface area contributed by atoms with Crippen LogP contribution in [0, 0.1) is 0 Å². The molecule has 0 amide bonds. The van der Waals surface area contributed by atoms with E-state index in [1.54, 1.807) is 13.3 Å². The zero-order valence-electron chi connectivity index (χ0n) is 15.0. The zero-order valence-corrected chi connectivity index (χ0v) is 15.0. The summed E-state index contributed by atoms with van der Waals surface area (Å²) in [5, 5.41) is 0. The highest BCUT2D eigenvalue weighted by molar-refractivity contribution is 5.68. The fourth-order valence-corrected chi connectivity index (χ4v) is 2.52. The molecule has 1 aromatic heterocycles. The fraction of sp³-hybridized carbons (Fsp3) is 0.227. The van der Waals surface area contributed by atoms with Crippen LogP contribution in [-0.2, 0) is 6.42 Å². The van der Waals surface area contributed by atoms with E-state index in [4.69, 9.17) is 10.5 Å². The third kappa shape index (κ3) is 6.40. The molecule has 130 valence electrons. The highest BCUT2D eigenvalue weighted by Crippen LogP contribution is 2.23. The first kappa shape index (κ1) is 18.7. The lowest BCUT2D eigenvalue weighted by Gasteiger charge is -2.09. The van der Waals surface area contributed by atoms with Crippen LogP contribution in [0.2, 0.25) is 0 Å². The van der Waals surface area contributed by atoms with Crippen molar-refractivity contribution in [3.8, 4) is 5.75 Å². The molecule has 0 saturated carbocycles. The molecule has 2 rings (SSSR count). The largest absolute Gasteiger partial charge is 0.497 e. The predicted molar refractivity (Wildman–Crippen MR) is 105 cm³/mol. The first-order valence-electron chi connectivity index (χ1n) is 8.50. The second-order valence-corrected chi connectivity index (χ2v) is 5.82. The Balaban J connectivity index is 2.18. The molecule has 0 bridgehead atoms. The van der Waals surface area contributed by atoms with Gasteiger partial charge in [0.1, 0.15) is 5.75 Å². The molecule has 2 N–H and O–H groups in total. The molecule has 3 nitrogen and oxygen atoms in total. The van der Waals surface area contributed by atoms with Crippen LogP contribution in [0.5, 0.6) is 5.75 Å². The number of aromatic nitrogens is 1. The molecule has 1 heterocycles. The summed E-state index contributed by atoms with van der Waals surface area (Å²) in [6.45, 7) is 2.62. The second kappa shape index (κ2) is 10.3. The summed E-state index contributed by atoms with van der Waals surface area (Å²) in [5.41, 5.74) is 10.4. The summed E-state index contributed by atoms with van der Waals surface area (Å²) >= 11 is 0. The Labute approximate surface area is 150 Å². The number of nitrogens with zero attached hydrogens (tertiary/aromatic N) is 1. The lowest BCUT2D eigenvalue weighted by Crippen LogP contribution is -1.93. The third-order valence-electron chi connectivity index (χ3n) is 3.96. The second-order valence-electron chi connectivity index (χ2n) is 5.82. The first-order chi connectivity index (χ1) is 12.2. The minimum absolute atomic E-state index is 0.562. The van der Waals surface area contributed by atoms with Gasteiger partial charge >= 0.3 is 0 Å². The Morgan fingerprint density at radius 2 is 2.00 bits per heavy atom. The average molecular weight is 334 g/mol. The molecule has 0 fully saturated rings. The SMILES string of the molecule is COc1ccc(\C(=C/C=C/C(C)=C/CN)CCc2cccnc2)cc1. The van der Waals surface area contributed by atoms with E-state index in [2.05, 4.69) is 48.3 Å². The molecule has 3 heteroatoms. The Kier molecular flexibility index (Phi) is 7.67. The molecular formula is C22H26N2O. The molecule has 1 aromatic carbocycles. The van der Waals surface area contributed by atoms with Crippen LogP contribution in [0.4, 0.5) is 0 Å². The van der Waals surface area contributed by atoms with Gasteiger partial charge in [-0.2, -0.15) is 0 Å². The molecule has 25 heavy (non-hydrogen) atoms. The smallest absolute Gasteiger partial charge is 0.118 e. The monoisotopic (exact) mass is 334 g/mol. The summed E-state index contributed by atoms with van der Waals surface area (Å²) in [4.78, 5) is 4.19. The van der Waals surface area contributed by atoms with Gasteiger partial charge in [-0.25, -0.2) is 0 Å². The molecule has 0 unspecified atom stereocenters. The minimum Gasteiger partial charge on any atom is -0.497 e. The van der Waals surface area contributed by atoms with Crippen LogP contribution < -0.4 is 10.5 Å². The van der Waals surface area contributed by atoms with E-state index >= 15 is 0 Å². The van der Waals surface area contributed by atoms with Crippen molar-refractivity contribution in [2.75, 3.05) is 13.7 Å². The Morgan fingerprint density at radius 3 is 2.64 bits per heavy atom. The summed E-state index contributed by atoms with van der Waals surface area (Å²) in [5.74, 6) is 0.868. The van der Waals surface area contributed by atoms with Crippen LogP contribution >= 0.6 is 0 Å². The zero-order chi connectivity index (χ0) is 17.9. The van der Waals surface area contributed by atoms with E-state index in [0.717, 1.165) is 18.6 Å². The van der Waals surface area contributed by atoms with Crippen molar-refractivity contribution in [3.05, 3.63) is 89.8 Å². The molecule has 0 radical (unpaired) electrons. The van der Waals surface area contributed by atoms with Gasteiger partial charge in [0.15, 0.2) is 0 Å². The van der Waals surface area contributed by atoms with Gasteiger partial charge in [0.05, 0.1) is 7.11 Å². The predicted octanol–water partition coefficient (Wildman–Crippen LogP) is 4.57. The van der Waals surface area contributed by atoms with Gasteiger partial charge in [-0.05, 0) is 54.7 Å². The number of ether oxygens (including phenoxy) is 1. The highest BCUT2D eigenvalue weighted by atomic mass is 16.5. The maximum absolute atomic E-state index is 5.55. The summed E-state index contributed by atoms with van der Waals surface area (Å²) in [7, 11) is 1.68. The average Bonchev–Trinajstić information content (AvgIpc) is 2.65. The quantitative estimate of drug-likeness (QED) is 0.720. The summed E-state index contributed by atoms with van der Waals surface area (Å²) < 4.78 is 5.26. The normalized spacial score (nSPS) is 12.6. The van der Waals surface area contributed by atoms with Crippen LogP contribution in [0.3, 0.4) is 0 Å². The number of hydrogen-bond acceptors (Lipinski definition) is 3. The number of aryl methyl sites for hydroxylation is 1. The van der Waals surface area contributed by atoms with Crippen molar-refractivity contribution >= 4 is 5.57 Å². The first-order valence-corrected chi connectivity index (χ1v) is 8.50. The van der Waals surface area contributed by atoms with Crippen molar-refractivity contribution in [3.63, 3.8) is 0 Å². The topological polar surface area (TPSA) is 48.1 Å². The van der Waals surface area contributed by atoms with E-state index in [1.807, 2.05) is 30.5 Å². The lowest BCUT2D eigenvalue weighted by atomic mass is 9.98. The Morgan fingerprint density at radius 1 is 1.20 bits per heavy atom. The Hall–Kier alpha value is -2.65. The minimum atomic E-state index is 0.562. The fourth-order valence-electron chi connectivity index (χ4n) is 2.52. The van der Waals surface area contributed by atoms with Crippen LogP contribution in [0.25, 0.3) is 5.57 Å². The van der Waals surface area contributed by atoms with Crippen molar-refractivity contribution in [1.82, 2.24) is 4.98 Å². The lowest BCUT2D eigenvalue weighted by molar-refractivity contribution is 0.415. The van der Waals surface area contributed by atoms with Crippen molar-refractivity contribution in [1.29, 1.82) is 0 Å². The van der Waals surface area contributed by atoms with Crippen LogP contribution in [-0.4, -0.2) is 18.6 Å². The molecule has 0 saturated heterocycles. The number of pyridine rings is 1. The van der Waals surface area contributed by atoms with Gasteiger partial charge in [0.25, 0.3) is 0 Å². The third-order valence-corrected chi connectivity index (χ3v) is 3.96. The van der Waals surface area contributed by atoms with Crippen molar-refractivity contribution in [2.24, 2.45) is 5.73 Å². The molecule has 0 aliphatic heterocycles. The van der Waals surface area contributed by atoms with Crippen LogP contribution in [0.15, 0.2) is 78.7 Å². The molecule has 2 aromatic rings. The van der Waals surface area contributed by atoms with E-state index < -0.39 is 0 Å². The van der Waals surface area contributed by atoms with Gasteiger partial charge in [-0.1, -0.05) is 48.1 Å². The van der Waals surface area contributed by atoms with E-state index in [1.165, 1.54) is 22.3 Å². The number of methoxy groups -OCH3 is 1. The van der Waals surface area contributed by atoms with Crippen molar-refractivity contribution in [2.45, 2.75) is 19.8 Å². The Bertz CT molecular complexity index is 728. The molecular weight excluding hydrogens is 308 g/mol. The number of benzene rings is 1. The van der Waals surface area contributed by atoms with E-state index in [0.29, 0.717) is 6.54 Å². The maximum atomic E-state index is 5.55. The molecule has 0 aliphatic carbocycles. The van der Waals surface area contributed by atoms with E-state index in [-0.39, 0.29) is 0 Å². The standard InChI is InChI=1S/C22H26N2O/c1-18(14-15-23)5-3-7-20(9-8-19-6-4-16-24-17-19)21-10-12-22(25-2)13-11-21/h3-7,10-14,16-17H,8-9,15,23H2,1-2H3/b5-3+,18-14+,20-7-. The van der Waals surface area contributed by atoms with Gasteiger partial charge in [0.2, 0.25) is 0 Å². The summed E-state index contributed by atoms with van der Waals surface area (Å²) in [6, 6.07) is 12.3. The molecule has 0 aliphatic rings. The number of nitrogens with two attached hydrogens (primary N) is 1. The summed E-state index contributed by atoms with van der Waals surface area (Å²) in [6.07, 6.45) is 14.0. The van der Waals surface area contributed by atoms with Crippen LogP contribution in [0.1, 0.15) is 24.5 Å². The number of rotatable bonds is 8. The van der Waals surface area contributed by atoms with Gasteiger partial charge < -0.3 is 10.5 Å². The van der Waals surface area contributed by atoms with Gasteiger partial charge in [-0.15, -0.1) is 0 Å². The maximum Gasteiger partial charge on any atom is 0.118 e. The molecule has 0 spiro atoms. The molecule has 0 atom stereocenters. The van der Waals surface area contributed by atoms with Gasteiger partial charge in [0, 0.05) is 18.9 Å². The van der Waals surface area contributed by atoms with Crippen molar-refractivity contribution < 1.29 is 4.74 Å². The van der Waals surface area contributed by atoms with E-state index in [9.17, 15) is 0 Å². The highest BCUT2D eigenvalue weighted by Gasteiger charge is 2.03. The number of hydrogen-bond donors (Lipinski definition) is 1. The van der Waals surface area contributed by atoms with Gasteiger partial charge in [-0.3, -0.25) is 4.98 Å². The number of allylic oxidation sites excluding steroid dienone is 5.